The van der Waals surface area contributed by atoms with Crippen molar-refractivity contribution in [2.45, 2.75) is 26.3 Å². The van der Waals surface area contributed by atoms with Gasteiger partial charge in [0.05, 0.1) is 17.5 Å². The van der Waals surface area contributed by atoms with Gasteiger partial charge in [0.1, 0.15) is 0 Å². The van der Waals surface area contributed by atoms with Gasteiger partial charge in [0.25, 0.3) is 5.91 Å². The smallest absolute Gasteiger partial charge is 0.254 e. The zero-order valence-corrected chi connectivity index (χ0v) is 18.0. The Morgan fingerprint density at radius 3 is 2.58 bits per heavy atom. The topological polar surface area (TPSA) is 69.7 Å². The van der Waals surface area contributed by atoms with Crippen LogP contribution in [0.2, 0.25) is 5.02 Å². The maximum Gasteiger partial charge on any atom is 0.254 e. The second kappa shape index (κ2) is 8.94. The van der Waals surface area contributed by atoms with E-state index in [1.807, 2.05) is 37.3 Å². The SMILES string of the molecule is CCN(Cc1ccccc1Cl)C(=O)c1cccc(N2NC(=O)C3CC=CCC3C2=O)c1. The Hall–Kier alpha value is -3.12. The molecule has 2 atom stereocenters. The molecule has 2 aromatic carbocycles. The van der Waals surface area contributed by atoms with Crippen LogP contribution in [0.4, 0.5) is 5.69 Å². The number of hydrazine groups is 1. The van der Waals surface area contributed by atoms with Gasteiger partial charge in [-0.2, -0.15) is 0 Å². The van der Waals surface area contributed by atoms with E-state index in [1.54, 1.807) is 35.2 Å². The molecular formula is C24H24ClN3O3. The summed E-state index contributed by atoms with van der Waals surface area (Å²) in [5.74, 6) is -1.18. The average Bonchev–Trinajstić information content (AvgIpc) is 2.80. The molecule has 2 unspecified atom stereocenters. The van der Waals surface area contributed by atoms with E-state index in [4.69, 9.17) is 11.6 Å². The highest BCUT2D eigenvalue weighted by atomic mass is 35.5. The minimum atomic E-state index is -0.370. The number of nitrogens with zero attached hydrogens (tertiary/aromatic N) is 2. The van der Waals surface area contributed by atoms with E-state index >= 15 is 0 Å². The summed E-state index contributed by atoms with van der Waals surface area (Å²) in [6.45, 7) is 2.79. The summed E-state index contributed by atoms with van der Waals surface area (Å²) in [7, 11) is 0. The fourth-order valence-corrected chi connectivity index (χ4v) is 4.30. The molecule has 0 spiro atoms. The first-order valence-electron chi connectivity index (χ1n) is 10.4. The third-order valence-electron chi connectivity index (χ3n) is 5.87. The highest BCUT2D eigenvalue weighted by molar-refractivity contribution is 6.31. The molecule has 1 N–H and O–H groups in total. The Bertz CT molecular complexity index is 1050. The van der Waals surface area contributed by atoms with Gasteiger partial charge in [0.2, 0.25) is 11.8 Å². The van der Waals surface area contributed by atoms with Crippen LogP contribution in [-0.4, -0.2) is 29.2 Å². The molecule has 1 aliphatic carbocycles. The molecule has 2 aliphatic rings. The molecule has 160 valence electrons. The third-order valence-corrected chi connectivity index (χ3v) is 6.24. The fraction of sp³-hybridized carbons (Fsp3) is 0.292. The Morgan fingerprint density at radius 1 is 1.10 bits per heavy atom. The van der Waals surface area contributed by atoms with Crippen LogP contribution in [0, 0.1) is 11.8 Å². The van der Waals surface area contributed by atoms with Gasteiger partial charge in [0, 0.05) is 23.7 Å². The minimum Gasteiger partial charge on any atom is -0.335 e. The van der Waals surface area contributed by atoms with Gasteiger partial charge < -0.3 is 4.90 Å². The van der Waals surface area contributed by atoms with E-state index in [9.17, 15) is 14.4 Å². The Morgan fingerprint density at radius 2 is 1.84 bits per heavy atom. The van der Waals surface area contributed by atoms with Crippen LogP contribution in [0.25, 0.3) is 0 Å². The van der Waals surface area contributed by atoms with Gasteiger partial charge in [-0.25, -0.2) is 5.01 Å². The first-order chi connectivity index (χ1) is 15.0. The van der Waals surface area contributed by atoms with Crippen molar-refractivity contribution in [2.24, 2.45) is 11.8 Å². The van der Waals surface area contributed by atoms with Crippen molar-refractivity contribution < 1.29 is 14.4 Å². The van der Waals surface area contributed by atoms with E-state index in [2.05, 4.69) is 5.43 Å². The molecule has 0 saturated carbocycles. The summed E-state index contributed by atoms with van der Waals surface area (Å²) >= 11 is 6.26. The molecule has 0 radical (unpaired) electrons. The average molecular weight is 438 g/mol. The van der Waals surface area contributed by atoms with E-state index in [0.717, 1.165) is 5.56 Å². The van der Waals surface area contributed by atoms with Gasteiger partial charge in [0.15, 0.2) is 0 Å². The normalized spacial score (nSPS) is 20.3. The van der Waals surface area contributed by atoms with Crippen molar-refractivity contribution in [1.29, 1.82) is 0 Å². The molecule has 7 heteroatoms. The molecule has 3 amide bonds. The second-order valence-corrected chi connectivity index (χ2v) is 8.17. The summed E-state index contributed by atoms with van der Waals surface area (Å²) in [6, 6.07) is 14.2. The monoisotopic (exact) mass is 437 g/mol. The second-order valence-electron chi connectivity index (χ2n) is 7.77. The van der Waals surface area contributed by atoms with E-state index in [0.29, 0.717) is 42.2 Å². The number of carbonyl (C=O) groups is 3. The Balaban J connectivity index is 1.57. The molecule has 0 bridgehead atoms. The summed E-state index contributed by atoms with van der Waals surface area (Å²) in [4.78, 5) is 40.4. The van der Waals surface area contributed by atoms with Crippen LogP contribution < -0.4 is 10.4 Å². The zero-order chi connectivity index (χ0) is 22.0. The number of allylic oxidation sites excluding steroid dienone is 2. The lowest BCUT2D eigenvalue weighted by Crippen LogP contribution is -2.59. The lowest BCUT2D eigenvalue weighted by atomic mass is 9.80. The predicted octanol–water partition coefficient (Wildman–Crippen LogP) is 3.96. The van der Waals surface area contributed by atoms with Crippen LogP contribution >= 0.6 is 11.6 Å². The number of halogens is 1. The summed E-state index contributed by atoms with van der Waals surface area (Å²) in [5.41, 5.74) is 4.49. The van der Waals surface area contributed by atoms with E-state index in [1.165, 1.54) is 5.01 Å². The number of rotatable bonds is 5. The molecular weight excluding hydrogens is 414 g/mol. The van der Waals surface area contributed by atoms with E-state index < -0.39 is 0 Å². The molecule has 6 nitrogen and oxygen atoms in total. The van der Waals surface area contributed by atoms with Crippen molar-refractivity contribution in [1.82, 2.24) is 10.3 Å². The van der Waals surface area contributed by atoms with Crippen LogP contribution in [-0.2, 0) is 16.1 Å². The summed E-state index contributed by atoms with van der Waals surface area (Å²) in [6.07, 6.45) is 5.01. The quantitative estimate of drug-likeness (QED) is 0.720. The van der Waals surface area contributed by atoms with Crippen molar-refractivity contribution in [3.63, 3.8) is 0 Å². The van der Waals surface area contributed by atoms with Gasteiger partial charge >= 0.3 is 0 Å². The molecule has 2 aromatic rings. The lowest BCUT2D eigenvalue weighted by molar-refractivity contribution is -0.139. The lowest BCUT2D eigenvalue weighted by Gasteiger charge is -2.38. The molecule has 31 heavy (non-hydrogen) atoms. The van der Waals surface area contributed by atoms with Gasteiger partial charge in [-0.3, -0.25) is 19.8 Å². The van der Waals surface area contributed by atoms with Crippen molar-refractivity contribution in [2.75, 3.05) is 11.6 Å². The number of hydrogen-bond donors (Lipinski definition) is 1. The molecule has 1 heterocycles. The summed E-state index contributed by atoms with van der Waals surface area (Å²) < 4.78 is 0. The van der Waals surface area contributed by atoms with Gasteiger partial charge in [-0.05, 0) is 49.6 Å². The first kappa shape index (κ1) is 21.1. The predicted molar refractivity (Wildman–Crippen MR) is 119 cm³/mol. The molecule has 0 aromatic heterocycles. The number of hydrogen-bond acceptors (Lipinski definition) is 3. The van der Waals surface area contributed by atoms with Crippen LogP contribution in [0.5, 0.6) is 0 Å². The Labute approximate surface area is 186 Å². The standard InChI is InChI=1S/C24H24ClN3O3/c1-2-27(15-17-8-3-6-13-21(17)25)23(30)16-9-7-10-18(14-16)28-24(31)20-12-5-4-11-19(20)22(29)26-28/h3-10,13-14,19-20H,2,11-12,15H2,1H3,(H,26,29). The highest BCUT2D eigenvalue weighted by Gasteiger charge is 2.42. The number of carbonyl (C=O) groups excluding carboxylic acids is 3. The zero-order valence-electron chi connectivity index (χ0n) is 17.3. The van der Waals surface area contributed by atoms with Crippen LogP contribution in [0.15, 0.2) is 60.7 Å². The van der Waals surface area contributed by atoms with Crippen LogP contribution in [0.3, 0.4) is 0 Å². The molecule has 1 aliphatic heterocycles. The van der Waals surface area contributed by atoms with Crippen LogP contribution in [0.1, 0.15) is 35.7 Å². The maximum atomic E-state index is 13.2. The number of fused-ring (bicyclic) bond motifs is 1. The summed E-state index contributed by atoms with van der Waals surface area (Å²) in [5, 5.41) is 1.89. The highest BCUT2D eigenvalue weighted by Crippen LogP contribution is 2.32. The molecule has 4 rings (SSSR count). The number of nitrogens with one attached hydrogen (secondary N) is 1. The van der Waals surface area contributed by atoms with Crippen molar-refractivity contribution in [3.8, 4) is 0 Å². The fourth-order valence-electron chi connectivity index (χ4n) is 4.10. The first-order valence-corrected chi connectivity index (χ1v) is 10.8. The third kappa shape index (κ3) is 4.21. The van der Waals surface area contributed by atoms with Crippen molar-refractivity contribution in [3.05, 3.63) is 76.8 Å². The largest absolute Gasteiger partial charge is 0.335 e. The number of amides is 3. The minimum absolute atomic E-state index is 0.151. The molecule has 1 saturated heterocycles. The number of anilines is 1. The van der Waals surface area contributed by atoms with Gasteiger partial charge in [-0.1, -0.05) is 48.0 Å². The van der Waals surface area contributed by atoms with Crippen molar-refractivity contribution >= 4 is 35.0 Å². The number of benzene rings is 2. The van der Waals surface area contributed by atoms with E-state index in [-0.39, 0.29) is 29.6 Å². The van der Waals surface area contributed by atoms with Gasteiger partial charge in [-0.15, -0.1) is 0 Å². The Kier molecular flexibility index (Phi) is 6.09. The maximum absolute atomic E-state index is 13.2. The molecule has 1 fully saturated rings.